The van der Waals surface area contributed by atoms with Crippen molar-refractivity contribution >= 4 is 12.4 Å². The van der Waals surface area contributed by atoms with Crippen molar-refractivity contribution in [3.05, 3.63) is 29.3 Å². The van der Waals surface area contributed by atoms with Crippen molar-refractivity contribution in [2.45, 2.75) is 38.8 Å². The number of nitrogens with two attached hydrogens (primary N) is 1. The van der Waals surface area contributed by atoms with Gasteiger partial charge >= 0.3 is 0 Å². The van der Waals surface area contributed by atoms with Crippen LogP contribution in [0.5, 0.6) is 5.75 Å². The Morgan fingerprint density at radius 3 is 2.79 bits per heavy atom. The fraction of sp³-hybridized carbons (Fsp3) is 0.600. The number of methoxy groups -OCH3 is 1. The fourth-order valence-corrected chi connectivity index (χ4v) is 2.81. The molecule has 0 bridgehead atoms. The monoisotopic (exact) mass is 284 g/mol. The summed E-state index contributed by atoms with van der Waals surface area (Å²) in [7, 11) is 1.72. The maximum atomic E-state index is 5.86. The van der Waals surface area contributed by atoms with Gasteiger partial charge in [0, 0.05) is 19.1 Å². The average Bonchev–Trinajstić information content (AvgIpc) is 2.39. The molecule has 0 aromatic heterocycles. The number of nitrogens with zero attached hydrogens (tertiary/aromatic N) is 1. The van der Waals surface area contributed by atoms with E-state index in [1.54, 1.807) is 7.11 Å². The van der Waals surface area contributed by atoms with Crippen molar-refractivity contribution in [3.8, 4) is 5.75 Å². The fourth-order valence-electron chi connectivity index (χ4n) is 2.81. The summed E-state index contributed by atoms with van der Waals surface area (Å²) in [5.41, 5.74) is 8.42. The predicted molar refractivity (Wildman–Crippen MR) is 82.1 cm³/mol. The summed E-state index contributed by atoms with van der Waals surface area (Å²) in [5.74, 6) is 0.966. The minimum absolute atomic E-state index is 0. The van der Waals surface area contributed by atoms with E-state index in [4.69, 9.17) is 10.5 Å². The van der Waals surface area contributed by atoms with Crippen LogP contribution in [0.2, 0.25) is 0 Å². The molecule has 108 valence electrons. The molecule has 1 saturated heterocycles. The largest absolute Gasteiger partial charge is 0.496 e. The van der Waals surface area contributed by atoms with Crippen LogP contribution in [-0.2, 0) is 6.54 Å². The highest BCUT2D eigenvalue weighted by Gasteiger charge is 2.20. The van der Waals surface area contributed by atoms with Gasteiger partial charge in [0.15, 0.2) is 0 Å². The Hall–Kier alpha value is -0.770. The maximum Gasteiger partial charge on any atom is 0.121 e. The third kappa shape index (κ3) is 4.10. The Bertz CT molecular complexity index is 398. The van der Waals surface area contributed by atoms with E-state index in [-0.39, 0.29) is 12.4 Å². The van der Waals surface area contributed by atoms with Gasteiger partial charge in [-0.05, 0) is 43.5 Å². The molecule has 1 aromatic rings. The Kier molecular flexibility index (Phi) is 6.63. The number of halogens is 1. The molecule has 1 aliphatic heterocycles. The molecule has 0 saturated carbocycles. The first-order chi connectivity index (χ1) is 8.74. The Balaban J connectivity index is 0.00000180. The summed E-state index contributed by atoms with van der Waals surface area (Å²) in [5, 5.41) is 0. The molecule has 3 nitrogen and oxygen atoms in total. The van der Waals surface area contributed by atoms with E-state index >= 15 is 0 Å². The molecule has 19 heavy (non-hydrogen) atoms. The molecule has 1 aliphatic rings. The topological polar surface area (TPSA) is 38.5 Å². The van der Waals surface area contributed by atoms with Crippen LogP contribution in [0.3, 0.4) is 0 Å². The SMILES string of the molecule is COc1ccc(CN2CCCCC2CN)cc1C.Cl. The summed E-state index contributed by atoms with van der Waals surface area (Å²) in [6.45, 7) is 5.05. The first-order valence-corrected chi connectivity index (χ1v) is 6.82. The van der Waals surface area contributed by atoms with Crippen molar-refractivity contribution in [3.63, 3.8) is 0 Å². The molecular formula is C15H25ClN2O. The van der Waals surface area contributed by atoms with Crippen molar-refractivity contribution < 1.29 is 4.74 Å². The summed E-state index contributed by atoms with van der Waals surface area (Å²) in [4.78, 5) is 2.52. The van der Waals surface area contributed by atoms with Gasteiger partial charge in [-0.15, -0.1) is 12.4 Å². The first kappa shape index (κ1) is 16.3. The maximum absolute atomic E-state index is 5.86. The van der Waals surface area contributed by atoms with Crippen LogP contribution in [0.15, 0.2) is 18.2 Å². The van der Waals surface area contributed by atoms with E-state index in [2.05, 4.69) is 30.0 Å². The zero-order valence-corrected chi connectivity index (χ0v) is 12.7. The molecule has 1 unspecified atom stereocenters. The minimum Gasteiger partial charge on any atom is -0.496 e. The molecule has 0 aliphatic carbocycles. The van der Waals surface area contributed by atoms with Crippen molar-refractivity contribution in [1.82, 2.24) is 4.90 Å². The Morgan fingerprint density at radius 1 is 1.37 bits per heavy atom. The number of piperidine rings is 1. The number of hydrogen-bond acceptors (Lipinski definition) is 3. The number of aryl methyl sites for hydroxylation is 1. The standard InChI is InChI=1S/C15H24N2O.ClH/c1-12-9-13(6-7-15(12)18-2)11-17-8-4-3-5-14(17)10-16;/h6-7,9,14H,3-5,8,10-11,16H2,1-2H3;1H. The molecule has 2 N–H and O–H groups in total. The molecular weight excluding hydrogens is 260 g/mol. The summed E-state index contributed by atoms with van der Waals surface area (Å²) in [6.07, 6.45) is 3.86. The predicted octanol–water partition coefficient (Wildman–Crippen LogP) is 2.74. The molecule has 1 fully saturated rings. The number of hydrogen-bond donors (Lipinski definition) is 1. The molecule has 1 aromatic carbocycles. The zero-order chi connectivity index (χ0) is 13.0. The average molecular weight is 285 g/mol. The highest BCUT2D eigenvalue weighted by atomic mass is 35.5. The molecule has 1 atom stereocenters. The molecule has 1 heterocycles. The Morgan fingerprint density at radius 2 is 2.16 bits per heavy atom. The quantitative estimate of drug-likeness (QED) is 0.924. The van der Waals surface area contributed by atoms with Crippen LogP contribution in [-0.4, -0.2) is 31.1 Å². The van der Waals surface area contributed by atoms with Gasteiger partial charge in [0.1, 0.15) is 5.75 Å². The van der Waals surface area contributed by atoms with Crippen LogP contribution >= 0.6 is 12.4 Å². The summed E-state index contributed by atoms with van der Waals surface area (Å²) in [6, 6.07) is 7.00. The van der Waals surface area contributed by atoms with Gasteiger partial charge in [-0.3, -0.25) is 4.90 Å². The van der Waals surface area contributed by atoms with E-state index in [0.29, 0.717) is 6.04 Å². The first-order valence-electron chi connectivity index (χ1n) is 6.82. The van der Waals surface area contributed by atoms with Crippen LogP contribution in [0.25, 0.3) is 0 Å². The van der Waals surface area contributed by atoms with Crippen molar-refractivity contribution in [1.29, 1.82) is 0 Å². The lowest BCUT2D eigenvalue weighted by Gasteiger charge is -2.35. The molecule has 4 heteroatoms. The van der Waals surface area contributed by atoms with E-state index in [1.807, 2.05) is 0 Å². The molecule has 2 rings (SSSR count). The Labute approximate surface area is 122 Å². The second-order valence-corrected chi connectivity index (χ2v) is 5.16. The second kappa shape index (κ2) is 7.73. The van der Waals surface area contributed by atoms with E-state index in [1.165, 1.54) is 36.9 Å². The van der Waals surface area contributed by atoms with Crippen molar-refractivity contribution in [2.75, 3.05) is 20.2 Å². The van der Waals surface area contributed by atoms with Crippen molar-refractivity contribution in [2.24, 2.45) is 5.73 Å². The van der Waals surface area contributed by atoms with Gasteiger partial charge in [-0.25, -0.2) is 0 Å². The van der Waals surface area contributed by atoms with E-state index in [0.717, 1.165) is 18.8 Å². The number of ether oxygens (including phenoxy) is 1. The summed E-state index contributed by atoms with van der Waals surface area (Å²) < 4.78 is 5.30. The van der Waals surface area contributed by atoms with Crippen LogP contribution in [0.4, 0.5) is 0 Å². The van der Waals surface area contributed by atoms with Gasteiger partial charge in [0.25, 0.3) is 0 Å². The van der Waals surface area contributed by atoms with Gasteiger partial charge in [-0.1, -0.05) is 18.6 Å². The lowest BCUT2D eigenvalue weighted by Crippen LogP contribution is -2.43. The third-order valence-electron chi connectivity index (χ3n) is 3.87. The lowest BCUT2D eigenvalue weighted by atomic mass is 10.0. The molecule has 0 amide bonds. The van der Waals surface area contributed by atoms with Gasteiger partial charge < -0.3 is 10.5 Å². The minimum atomic E-state index is 0. The normalized spacial score (nSPS) is 19.8. The zero-order valence-electron chi connectivity index (χ0n) is 11.9. The number of likely N-dealkylation sites (tertiary alicyclic amines) is 1. The number of rotatable bonds is 4. The number of benzene rings is 1. The summed E-state index contributed by atoms with van der Waals surface area (Å²) >= 11 is 0. The van der Waals surface area contributed by atoms with Crippen LogP contribution in [0, 0.1) is 6.92 Å². The van der Waals surface area contributed by atoms with E-state index < -0.39 is 0 Å². The highest BCUT2D eigenvalue weighted by Crippen LogP contribution is 2.22. The molecule has 0 radical (unpaired) electrons. The van der Waals surface area contributed by atoms with Crippen LogP contribution in [0.1, 0.15) is 30.4 Å². The molecule has 0 spiro atoms. The lowest BCUT2D eigenvalue weighted by molar-refractivity contribution is 0.145. The van der Waals surface area contributed by atoms with Gasteiger partial charge in [0.2, 0.25) is 0 Å². The second-order valence-electron chi connectivity index (χ2n) is 5.16. The smallest absolute Gasteiger partial charge is 0.121 e. The van der Waals surface area contributed by atoms with Crippen LogP contribution < -0.4 is 10.5 Å². The van der Waals surface area contributed by atoms with Gasteiger partial charge in [0.05, 0.1) is 7.11 Å². The van der Waals surface area contributed by atoms with Gasteiger partial charge in [-0.2, -0.15) is 0 Å². The van der Waals surface area contributed by atoms with E-state index in [9.17, 15) is 0 Å². The highest BCUT2D eigenvalue weighted by molar-refractivity contribution is 5.85. The third-order valence-corrected chi connectivity index (χ3v) is 3.87.